The Kier molecular flexibility index (Phi) is 4.90. The molecular weight excluding hydrogens is 253 g/mol. The summed E-state index contributed by atoms with van der Waals surface area (Å²) in [6, 6.07) is 5.19. The molecule has 2 aromatic rings. The van der Waals surface area contributed by atoms with E-state index in [9.17, 15) is 4.39 Å². The number of aromatic nitrogens is 2. The van der Waals surface area contributed by atoms with Crippen LogP contribution in [-0.4, -0.2) is 16.1 Å². The van der Waals surface area contributed by atoms with Crippen LogP contribution in [0.2, 0.25) is 0 Å². The molecule has 0 saturated heterocycles. The van der Waals surface area contributed by atoms with Gasteiger partial charge >= 0.3 is 0 Å². The van der Waals surface area contributed by atoms with Crippen LogP contribution in [0.4, 0.5) is 4.39 Å². The summed E-state index contributed by atoms with van der Waals surface area (Å²) in [5.74, 6) is 0.801. The van der Waals surface area contributed by atoms with Crippen molar-refractivity contribution in [3.8, 4) is 5.69 Å². The van der Waals surface area contributed by atoms with Gasteiger partial charge in [0.25, 0.3) is 0 Å². The van der Waals surface area contributed by atoms with Crippen LogP contribution in [0.1, 0.15) is 44.6 Å². The van der Waals surface area contributed by atoms with E-state index in [2.05, 4.69) is 17.2 Å². The Morgan fingerprint density at radius 2 is 2.15 bits per heavy atom. The first-order chi connectivity index (χ1) is 9.69. The van der Waals surface area contributed by atoms with Crippen LogP contribution in [0.25, 0.3) is 5.69 Å². The molecule has 1 aromatic carbocycles. The van der Waals surface area contributed by atoms with Crippen molar-refractivity contribution < 1.29 is 4.39 Å². The first-order valence-corrected chi connectivity index (χ1v) is 7.23. The van der Waals surface area contributed by atoms with E-state index < -0.39 is 0 Å². The SMILES string of the molecule is CCCc1nccn1-c1cccc(F)c1C(C)NCC. The Labute approximate surface area is 119 Å². The maximum Gasteiger partial charge on any atom is 0.130 e. The van der Waals surface area contributed by atoms with Crippen molar-refractivity contribution in [1.29, 1.82) is 0 Å². The number of benzene rings is 1. The highest BCUT2D eigenvalue weighted by Crippen LogP contribution is 2.26. The minimum absolute atomic E-state index is 0.0342. The monoisotopic (exact) mass is 275 g/mol. The molecule has 1 N–H and O–H groups in total. The summed E-state index contributed by atoms with van der Waals surface area (Å²) >= 11 is 0. The van der Waals surface area contributed by atoms with Crippen LogP contribution in [0.5, 0.6) is 0 Å². The molecule has 0 bridgehead atoms. The predicted molar refractivity (Wildman–Crippen MR) is 79.6 cm³/mol. The summed E-state index contributed by atoms with van der Waals surface area (Å²) < 4.78 is 16.3. The lowest BCUT2D eigenvalue weighted by Gasteiger charge is -2.19. The van der Waals surface area contributed by atoms with Crippen molar-refractivity contribution in [3.05, 3.63) is 47.8 Å². The van der Waals surface area contributed by atoms with E-state index in [0.717, 1.165) is 30.9 Å². The second-order valence-electron chi connectivity index (χ2n) is 4.92. The van der Waals surface area contributed by atoms with Gasteiger partial charge in [0.15, 0.2) is 0 Å². The number of nitrogens with one attached hydrogen (secondary N) is 1. The Morgan fingerprint density at radius 3 is 2.85 bits per heavy atom. The maximum absolute atomic E-state index is 14.3. The minimum atomic E-state index is -0.174. The Hall–Kier alpha value is -1.68. The summed E-state index contributed by atoms with van der Waals surface area (Å²) in [4.78, 5) is 4.38. The lowest BCUT2D eigenvalue weighted by molar-refractivity contribution is 0.537. The first-order valence-electron chi connectivity index (χ1n) is 7.23. The van der Waals surface area contributed by atoms with E-state index in [1.54, 1.807) is 12.3 Å². The van der Waals surface area contributed by atoms with Crippen molar-refractivity contribution >= 4 is 0 Å². The smallest absolute Gasteiger partial charge is 0.130 e. The summed E-state index contributed by atoms with van der Waals surface area (Å²) in [7, 11) is 0. The molecule has 2 rings (SSSR count). The molecule has 1 unspecified atom stereocenters. The van der Waals surface area contributed by atoms with Crippen molar-refractivity contribution in [2.45, 2.75) is 39.7 Å². The number of rotatable bonds is 6. The van der Waals surface area contributed by atoms with Gasteiger partial charge in [0.1, 0.15) is 11.6 Å². The molecular formula is C16H22FN3. The molecule has 1 heterocycles. The van der Waals surface area contributed by atoms with Gasteiger partial charge in [-0.25, -0.2) is 9.37 Å². The largest absolute Gasteiger partial charge is 0.310 e. The molecule has 20 heavy (non-hydrogen) atoms. The zero-order valence-corrected chi connectivity index (χ0v) is 12.4. The summed E-state index contributed by atoms with van der Waals surface area (Å²) in [6.07, 6.45) is 5.59. The summed E-state index contributed by atoms with van der Waals surface area (Å²) in [6.45, 7) is 6.94. The summed E-state index contributed by atoms with van der Waals surface area (Å²) in [5.41, 5.74) is 1.57. The average Bonchev–Trinajstić information content (AvgIpc) is 2.87. The van der Waals surface area contributed by atoms with Gasteiger partial charge in [-0.05, 0) is 32.0 Å². The second-order valence-corrected chi connectivity index (χ2v) is 4.92. The van der Waals surface area contributed by atoms with Crippen LogP contribution in [0.3, 0.4) is 0 Å². The highest BCUT2D eigenvalue weighted by atomic mass is 19.1. The third-order valence-electron chi connectivity index (χ3n) is 3.42. The molecule has 3 nitrogen and oxygen atoms in total. The molecule has 0 aliphatic rings. The molecule has 0 aliphatic heterocycles. The lowest BCUT2D eigenvalue weighted by Crippen LogP contribution is -2.21. The van der Waals surface area contributed by atoms with Gasteiger partial charge in [-0.1, -0.05) is 19.9 Å². The molecule has 0 spiro atoms. The van der Waals surface area contributed by atoms with Gasteiger partial charge in [0.2, 0.25) is 0 Å². The van der Waals surface area contributed by atoms with Crippen molar-refractivity contribution in [2.24, 2.45) is 0 Å². The van der Waals surface area contributed by atoms with Crippen molar-refractivity contribution in [2.75, 3.05) is 6.54 Å². The van der Waals surface area contributed by atoms with Gasteiger partial charge in [0.05, 0.1) is 5.69 Å². The third-order valence-corrected chi connectivity index (χ3v) is 3.42. The van der Waals surface area contributed by atoms with E-state index in [4.69, 9.17) is 0 Å². The fourth-order valence-electron chi connectivity index (χ4n) is 2.53. The lowest BCUT2D eigenvalue weighted by atomic mass is 10.0. The minimum Gasteiger partial charge on any atom is -0.310 e. The Balaban J connectivity index is 2.50. The number of aryl methyl sites for hydroxylation is 1. The molecule has 1 atom stereocenters. The van der Waals surface area contributed by atoms with Crippen LogP contribution < -0.4 is 5.32 Å². The van der Waals surface area contributed by atoms with Crippen LogP contribution >= 0.6 is 0 Å². The number of imidazole rings is 1. The van der Waals surface area contributed by atoms with Crippen molar-refractivity contribution in [1.82, 2.24) is 14.9 Å². The van der Waals surface area contributed by atoms with Gasteiger partial charge < -0.3 is 9.88 Å². The third kappa shape index (κ3) is 2.90. The van der Waals surface area contributed by atoms with Crippen molar-refractivity contribution in [3.63, 3.8) is 0 Å². The maximum atomic E-state index is 14.3. The zero-order chi connectivity index (χ0) is 14.5. The fraction of sp³-hybridized carbons (Fsp3) is 0.438. The van der Waals surface area contributed by atoms with E-state index in [1.165, 1.54) is 6.07 Å². The van der Waals surface area contributed by atoms with Crippen LogP contribution in [-0.2, 0) is 6.42 Å². The molecule has 108 valence electrons. The second kappa shape index (κ2) is 6.66. The first kappa shape index (κ1) is 14.7. The van der Waals surface area contributed by atoms with Gasteiger partial charge in [-0.15, -0.1) is 0 Å². The Bertz CT molecular complexity index is 563. The molecule has 4 heteroatoms. The Morgan fingerprint density at radius 1 is 1.35 bits per heavy atom. The highest BCUT2D eigenvalue weighted by Gasteiger charge is 2.17. The topological polar surface area (TPSA) is 29.9 Å². The van der Waals surface area contributed by atoms with Crippen LogP contribution in [0, 0.1) is 5.82 Å². The molecule has 0 amide bonds. The molecule has 0 saturated carbocycles. The van der Waals surface area contributed by atoms with Gasteiger partial charge in [0, 0.05) is 30.4 Å². The predicted octanol–water partition coefficient (Wildman–Crippen LogP) is 3.63. The number of hydrogen-bond donors (Lipinski definition) is 1. The van der Waals surface area contributed by atoms with E-state index in [0.29, 0.717) is 5.56 Å². The standard InChI is InChI=1S/C16H22FN3/c1-4-7-15-19-10-11-20(15)14-9-6-8-13(17)16(14)12(3)18-5-2/h6,8-12,18H,4-5,7H2,1-3H3. The number of nitrogens with zero attached hydrogens (tertiary/aromatic N) is 2. The molecule has 1 aromatic heterocycles. The van der Waals surface area contributed by atoms with E-state index >= 15 is 0 Å². The zero-order valence-electron chi connectivity index (χ0n) is 12.4. The van der Waals surface area contributed by atoms with Crippen LogP contribution in [0.15, 0.2) is 30.6 Å². The molecule has 0 fully saturated rings. The summed E-state index contributed by atoms with van der Waals surface area (Å²) in [5, 5.41) is 3.28. The van der Waals surface area contributed by atoms with Gasteiger partial charge in [-0.2, -0.15) is 0 Å². The number of halogens is 1. The normalized spacial score (nSPS) is 12.6. The highest BCUT2D eigenvalue weighted by molar-refractivity contribution is 5.44. The molecule has 0 radical (unpaired) electrons. The average molecular weight is 275 g/mol. The van der Waals surface area contributed by atoms with Gasteiger partial charge in [-0.3, -0.25) is 0 Å². The van der Waals surface area contributed by atoms with E-state index in [-0.39, 0.29) is 11.9 Å². The molecule has 0 aliphatic carbocycles. The fourth-order valence-corrected chi connectivity index (χ4v) is 2.53. The quantitative estimate of drug-likeness (QED) is 0.872. The number of hydrogen-bond acceptors (Lipinski definition) is 2. The van der Waals surface area contributed by atoms with E-state index in [1.807, 2.05) is 30.7 Å².